The van der Waals surface area contributed by atoms with E-state index in [2.05, 4.69) is 36.6 Å². The van der Waals surface area contributed by atoms with E-state index < -0.39 is 5.91 Å². The summed E-state index contributed by atoms with van der Waals surface area (Å²) in [7, 11) is 1.50. The van der Waals surface area contributed by atoms with Crippen LogP contribution in [0.25, 0.3) is 5.82 Å². The molecule has 0 fully saturated rings. The number of aromatic nitrogens is 3. The minimum atomic E-state index is -0.478. The quantitative estimate of drug-likeness (QED) is 0.595. The van der Waals surface area contributed by atoms with Crippen molar-refractivity contribution in [1.82, 2.24) is 20.1 Å². The van der Waals surface area contributed by atoms with Crippen molar-refractivity contribution >= 4 is 45.0 Å². The molecule has 0 bridgehead atoms. The van der Waals surface area contributed by atoms with E-state index in [1.807, 2.05) is 0 Å². The molecule has 0 saturated heterocycles. The number of carbonyl (C=O) groups excluding carboxylic acids is 2. The van der Waals surface area contributed by atoms with Crippen molar-refractivity contribution in [2.75, 3.05) is 12.4 Å². The fourth-order valence-electron chi connectivity index (χ4n) is 2.62. The highest BCUT2D eigenvalue weighted by Crippen LogP contribution is 2.27. The number of carbonyl (C=O) groups is 2. The standard InChI is InChI=1S/C18H14BrCl2N5O2/c1-9-6-10(20)7-11(17(27)22-2)15(9)24-18(28)13-8-14(19)25-26(13)16-12(21)4-3-5-23-16/h3-8,21H,1-2H3,(H-,22,24,27,28)/p+1. The van der Waals surface area contributed by atoms with Gasteiger partial charge in [-0.05, 0) is 46.6 Å². The summed E-state index contributed by atoms with van der Waals surface area (Å²) in [5.41, 5.74) is 1.46. The Morgan fingerprint density at radius 2 is 2.00 bits per heavy atom. The number of halogens is 3. The molecule has 0 aliphatic heterocycles. The minimum Gasteiger partial charge on any atom is -0.355 e. The highest BCUT2D eigenvalue weighted by molar-refractivity contribution is 9.10. The number of anilines is 1. The summed E-state index contributed by atoms with van der Waals surface area (Å²) in [6, 6.07) is 8.11. The molecule has 0 radical (unpaired) electrons. The SMILES string of the molecule is CNC(=O)c1cc(Cl)cc(C)c1NC(=O)c1cc(Br)nn1-c1ncccc1[ClH+]. The number of amides is 2. The lowest BCUT2D eigenvalue weighted by atomic mass is 10.1. The molecule has 0 spiro atoms. The van der Waals surface area contributed by atoms with Crippen molar-refractivity contribution in [2.24, 2.45) is 0 Å². The van der Waals surface area contributed by atoms with E-state index in [1.54, 1.807) is 37.4 Å². The smallest absolute Gasteiger partial charge is 0.274 e. The molecule has 2 amide bonds. The zero-order valence-corrected chi connectivity index (χ0v) is 17.9. The van der Waals surface area contributed by atoms with E-state index in [1.165, 1.54) is 17.8 Å². The topological polar surface area (TPSA) is 88.9 Å². The van der Waals surface area contributed by atoms with E-state index in [4.69, 9.17) is 23.2 Å². The Morgan fingerprint density at radius 3 is 2.68 bits per heavy atom. The van der Waals surface area contributed by atoms with Crippen LogP contribution in [0.1, 0.15) is 26.4 Å². The lowest BCUT2D eigenvalue weighted by Gasteiger charge is -2.14. The zero-order chi connectivity index (χ0) is 20.4. The third-order valence-electron chi connectivity index (χ3n) is 3.87. The second-order valence-electron chi connectivity index (χ2n) is 5.77. The van der Waals surface area contributed by atoms with E-state index in [0.717, 1.165) is 0 Å². The van der Waals surface area contributed by atoms with Gasteiger partial charge in [0.25, 0.3) is 16.8 Å². The predicted octanol–water partition coefficient (Wildman–Crippen LogP) is 3.30. The Labute approximate surface area is 179 Å². The van der Waals surface area contributed by atoms with Crippen molar-refractivity contribution in [3.05, 3.63) is 68.0 Å². The number of nitrogens with zero attached hydrogens (tertiary/aromatic N) is 3. The molecule has 7 nitrogen and oxygen atoms in total. The molecule has 2 N–H and O–H groups in total. The maximum Gasteiger partial charge on any atom is 0.274 e. The van der Waals surface area contributed by atoms with Crippen LogP contribution in [0.15, 0.2) is 41.1 Å². The van der Waals surface area contributed by atoms with Gasteiger partial charge in [-0.2, -0.15) is 5.10 Å². The molecule has 144 valence electrons. The first-order valence-corrected chi connectivity index (χ1v) is 9.61. The molecule has 3 aromatic rings. The van der Waals surface area contributed by atoms with Gasteiger partial charge >= 0.3 is 0 Å². The van der Waals surface area contributed by atoms with Gasteiger partial charge in [0.1, 0.15) is 10.3 Å². The Kier molecular flexibility index (Phi) is 6.02. The molecule has 0 aliphatic carbocycles. The van der Waals surface area contributed by atoms with E-state index in [-0.39, 0.29) is 17.2 Å². The number of pyridine rings is 1. The van der Waals surface area contributed by atoms with Gasteiger partial charge in [-0.1, -0.05) is 11.6 Å². The molecule has 10 heteroatoms. The summed E-state index contributed by atoms with van der Waals surface area (Å²) in [5, 5.41) is 10.4. The molecule has 2 heterocycles. The molecule has 0 saturated carbocycles. The second kappa shape index (κ2) is 8.30. The lowest BCUT2D eigenvalue weighted by molar-refractivity contribution is -0.289. The summed E-state index contributed by atoms with van der Waals surface area (Å²) in [6.45, 7) is 1.75. The average Bonchev–Trinajstić information content (AvgIpc) is 3.05. The highest BCUT2D eigenvalue weighted by Gasteiger charge is 2.23. The number of aryl methyl sites for hydroxylation is 1. The Bertz CT molecular complexity index is 1080. The van der Waals surface area contributed by atoms with Crippen LogP contribution >= 0.6 is 27.5 Å². The molecule has 3 rings (SSSR count). The largest absolute Gasteiger partial charge is 0.355 e. The van der Waals surface area contributed by atoms with Gasteiger partial charge < -0.3 is 10.6 Å². The molecule has 28 heavy (non-hydrogen) atoms. The monoisotopic (exact) mass is 482 g/mol. The fourth-order valence-corrected chi connectivity index (χ4v) is 3.48. The van der Waals surface area contributed by atoms with Crippen LogP contribution < -0.4 is 10.6 Å². The summed E-state index contributed by atoms with van der Waals surface area (Å²) in [6.07, 6.45) is 1.56. The average molecular weight is 484 g/mol. The molecule has 0 aliphatic rings. The molecule has 1 aromatic carbocycles. The second-order valence-corrected chi connectivity index (χ2v) is 7.46. The summed E-state index contributed by atoms with van der Waals surface area (Å²) in [5.74, 6) is -0.491. The maximum absolute atomic E-state index is 13.0. The van der Waals surface area contributed by atoms with E-state index in [0.29, 0.717) is 31.7 Å². The van der Waals surface area contributed by atoms with Crippen LogP contribution in [0.5, 0.6) is 0 Å². The van der Waals surface area contributed by atoms with Crippen molar-refractivity contribution in [2.45, 2.75) is 6.92 Å². The molecular formula is C18H15BrCl2N5O2+. The lowest BCUT2D eigenvalue weighted by Crippen LogP contribution is -2.23. The van der Waals surface area contributed by atoms with Crippen molar-refractivity contribution < 1.29 is 21.2 Å². The molecule has 0 atom stereocenters. The van der Waals surface area contributed by atoms with Crippen molar-refractivity contribution in [3.8, 4) is 5.82 Å². The zero-order valence-electron chi connectivity index (χ0n) is 14.8. The van der Waals surface area contributed by atoms with Crippen LogP contribution in [-0.4, -0.2) is 33.6 Å². The van der Waals surface area contributed by atoms with Crippen LogP contribution in [0, 0.1) is 18.5 Å². The molecule has 0 unspecified atom stereocenters. The van der Waals surface area contributed by atoms with Crippen LogP contribution in [0.2, 0.25) is 10.0 Å². The molecular weight excluding hydrogens is 469 g/mol. The van der Waals surface area contributed by atoms with Gasteiger partial charge in [0.05, 0.1) is 11.3 Å². The number of benzene rings is 1. The fraction of sp³-hybridized carbons (Fsp3) is 0.111. The van der Waals surface area contributed by atoms with Crippen LogP contribution in [0.4, 0.5) is 5.69 Å². The Morgan fingerprint density at radius 1 is 1.25 bits per heavy atom. The summed E-state index contributed by atoms with van der Waals surface area (Å²) in [4.78, 5) is 29.5. The Hall–Kier alpha value is -2.42. The van der Waals surface area contributed by atoms with Gasteiger partial charge in [0, 0.05) is 30.4 Å². The third-order valence-corrected chi connectivity index (χ3v) is 4.80. The van der Waals surface area contributed by atoms with Gasteiger partial charge in [0.15, 0.2) is 11.6 Å². The van der Waals surface area contributed by atoms with Gasteiger partial charge in [-0.3, -0.25) is 9.59 Å². The number of hydrogen-bond donors (Lipinski definition) is 2. The van der Waals surface area contributed by atoms with Crippen molar-refractivity contribution in [1.29, 1.82) is 0 Å². The Balaban J connectivity index is 2.05. The van der Waals surface area contributed by atoms with Gasteiger partial charge in [-0.25, -0.2) is 9.67 Å². The number of rotatable bonds is 4. The first-order chi connectivity index (χ1) is 13.3. The number of hydrogen-bond acceptors (Lipinski definition) is 4. The van der Waals surface area contributed by atoms with Crippen LogP contribution in [-0.2, 0) is 0 Å². The van der Waals surface area contributed by atoms with E-state index >= 15 is 0 Å². The first kappa shape index (κ1) is 20.3. The predicted molar refractivity (Wildman–Crippen MR) is 107 cm³/mol. The summed E-state index contributed by atoms with van der Waals surface area (Å²) >= 11 is 14.6. The highest BCUT2D eigenvalue weighted by atomic mass is 79.9. The van der Waals surface area contributed by atoms with Gasteiger partial charge in [0.2, 0.25) is 5.82 Å². The maximum atomic E-state index is 13.0. The van der Waals surface area contributed by atoms with Crippen molar-refractivity contribution in [3.63, 3.8) is 0 Å². The first-order valence-electron chi connectivity index (χ1n) is 8.03. The van der Waals surface area contributed by atoms with Crippen LogP contribution in [0.3, 0.4) is 0 Å². The minimum absolute atomic E-state index is 0.203. The number of nitrogens with one attached hydrogen (secondary N) is 2. The summed E-state index contributed by atoms with van der Waals surface area (Å²) < 4.78 is 1.80. The third kappa shape index (κ3) is 4.04. The normalized spacial score (nSPS) is 10.6. The van der Waals surface area contributed by atoms with Gasteiger partial charge in [-0.15, -0.1) is 0 Å². The van der Waals surface area contributed by atoms with E-state index in [9.17, 15) is 9.59 Å². The molecule has 2 aromatic heterocycles.